The Kier molecular flexibility index (Phi) is 4.70. The molecule has 6 nitrogen and oxygen atoms in total. The molecule has 4 heterocycles. The Morgan fingerprint density at radius 3 is 2.51 bits per heavy atom. The first-order chi connectivity index (χ1) is 16.5. The smallest absolute Gasteiger partial charge is 0.323 e. The van der Waals surface area contributed by atoms with E-state index >= 15 is 0 Å². The fourth-order valence-corrected chi connectivity index (χ4v) is 7.02. The van der Waals surface area contributed by atoms with E-state index in [4.69, 9.17) is 23.2 Å². The minimum Gasteiger partial charge on any atom is -0.323 e. The number of benzene rings is 2. The van der Waals surface area contributed by atoms with Crippen molar-refractivity contribution in [2.24, 2.45) is 11.8 Å². The molecule has 6 rings (SSSR count). The molecule has 2 aromatic carbocycles. The van der Waals surface area contributed by atoms with E-state index in [0.29, 0.717) is 41.7 Å². The van der Waals surface area contributed by atoms with Crippen molar-refractivity contribution >= 4 is 52.3 Å². The number of carbonyl (C=O) groups is 3. The number of halogens is 5. The van der Waals surface area contributed by atoms with E-state index in [2.05, 4.69) is 5.32 Å². The van der Waals surface area contributed by atoms with Gasteiger partial charge in [-0.3, -0.25) is 19.3 Å². The summed E-state index contributed by atoms with van der Waals surface area (Å²) in [5.41, 5.74) is -1.15. The Labute approximate surface area is 208 Å². The van der Waals surface area contributed by atoms with Crippen molar-refractivity contribution in [2.75, 3.05) is 16.8 Å². The third-order valence-electron chi connectivity index (χ3n) is 7.71. The summed E-state index contributed by atoms with van der Waals surface area (Å²) in [6, 6.07) is 5.60. The van der Waals surface area contributed by atoms with Gasteiger partial charge in [0.15, 0.2) is 0 Å². The van der Waals surface area contributed by atoms with Crippen LogP contribution in [0.3, 0.4) is 0 Å². The fourth-order valence-electron chi connectivity index (χ4n) is 6.49. The minimum atomic E-state index is -4.69. The van der Waals surface area contributed by atoms with Gasteiger partial charge in [0.25, 0.3) is 5.91 Å². The zero-order chi connectivity index (χ0) is 25.0. The number of hydrogen-bond acceptors (Lipinski definition) is 4. The summed E-state index contributed by atoms with van der Waals surface area (Å²) < 4.78 is 40.3. The van der Waals surface area contributed by atoms with Gasteiger partial charge in [-0.2, -0.15) is 13.2 Å². The predicted octanol–water partition coefficient (Wildman–Crippen LogP) is 4.75. The molecule has 182 valence electrons. The van der Waals surface area contributed by atoms with E-state index in [1.165, 1.54) is 0 Å². The summed E-state index contributed by atoms with van der Waals surface area (Å²) in [7, 11) is 0. The lowest BCUT2D eigenvalue weighted by atomic mass is 9.75. The topological polar surface area (TPSA) is 69.7 Å². The quantitative estimate of drug-likeness (QED) is 0.547. The highest BCUT2D eigenvalue weighted by molar-refractivity contribution is 6.37. The van der Waals surface area contributed by atoms with Crippen LogP contribution in [0.25, 0.3) is 0 Å². The van der Waals surface area contributed by atoms with Crippen LogP contribution in [0.1, 0.15) is 29.5 Å². The van der Waals surface area contributed by atoms with E-state index in [1.54, 1.807) is 12.1 Å². The van der Waals surface area contributed by atoms with E-state index in [0.717, 1.165) is 22.6 Å². The number of hydrogen-bond donors (Lipinski definition) is 1. The zero-order valence-electron chi connectivity index (χ0n) is 18.2. The third-order valence-corrected chi connectivity index (χ3v) is 8.33. The Morgan fingerprint density at radius 2 is 1.80 bits per heavy atom. The number of nitrogens with one attached hydrogen (secondary N) is 1. The number of aryl methyl sites for hydroxylation is 1. The van der Waals surface area contributed by atoms with Crippen molar-refractivity contribution in [1.82, 2.24) is 4.90 Å². The third kappa shape index (κ3) is 2.80. The van der Waals surface area contributed by atoms with Crippen molar-refractivity contribution in [2.45, 2.75) is 37.5 Å². The van der Waals surface area contributed by atoms with Crippen LogP contribution in [0.2, 0.25) is 10.0 Å². The summed E-state index contributed by atoms with van der Waals surface area (Å²) in [6.45, 7) is 2.31. The molecule has 1 spiro atoms. The van der Waals surface area contributed by atoms with E-state index in [-0.39, 0.29) is 10.7 Å². The SMILES string of the molecule is Cc1cc(Cl)c2c(c1)C1(C(=O)N2)C2C(=O)N(c3cc(C(F)(F)F)ccc3Cl)C(=O)C2C2CCCN21. The molecule has 1 N–H and O–H groups in total. The molecule has 0 aromatic heterocycles. The summed E-state index contributed by atoms with van der Waals surface area (Å²) in [5.74, 6) is -3.86. The average Bonchev–Trinajstić information content (AvgIpc) is 3.47. The lowest BCUT2D eigenvalue weighted by molar-refractivity contribution is -0.137. The second-order valence-electron chi connectivity index (χ2n) is 9.47. The average molecular weight is 524 g/mol. The molecule has 3 saturated heterocycles. The normalized spacial score (nSPS) is 29.7. The molecule has 0 saturated carbocycles. The molecule has 3 fully saturated rings. The number of anilines is 2. The summed E-state index contributed by atoms with van der Waals surface area (Å²) in [6.07, 6.45) is -3.40. The molecule has 0 bridgehead atoms. The number of alkyl halides is 3. The second-order valence-corrected chi connectivity index (χ2v) is 10.3. The predicted molar refractivity (Wildman–Crippen MR) is 122 cm³/mol. The molecule has 3 amide bonds. The maximum atomic E-state index is 14.0. The van der Waals surface area contributed by atoms with Gasteiger partial charge in [-0.25, -0.2) is 4.90 Å². The Bertz CT molecular complexity index is 1350. The minimum absolute atomic E-state index is 0.160. The van der Waals surface area contributed by atoms with Crippen LogP contribution in [-0.2, 0) is 26.1 Å². The molecule has 4 aliphatic heterocycles. The van der Waals surface area contributed by atoms with Crippen molar-refractivity contribution in [3.63, 3.8) is 0 Å². The molecule has 4 atom stereocenters. The standard InChI is InChI=1S/C24H18Cl2F3N3O3/c1-10-7-12-19(14(26)8-10)30-22(35)23(12)18-17(15-3-2-6-31(15)23)20(33)32(21(18)34)16-9-11(24(27,28)29)4-5-13(16)25/h4-5,7-9,15,17-18H,2-3,6H2,1H3,(H,30,35). The Hall–Kier alpha value is -2.62. The van der Waals surface area contributed by atoms with Crippen molar-refractivity contribution < 1.29 is 27.6 Å². The highest BCUT2D eigenvalue weighted by atomic mass is 35.5. The van der Waals surface area contributed by atoms with Gasteiger partial charge in [0.2, 0.25) is 11.8 Å². The molecular formula is C24H18Cl2F3N3O3. The monoisotopic (exact) mass is 523 g/mol. The molecule has 11 heteroatoms. The van der Waals surface area contributed by atoms with Crippen LogP contribution in [0.4, 0.5) is 24.5 Å². The lowest BCUT2D eigenvalue weighted by Gasteiger charge is -2.37. The second kappa shape index (κ2) is 7.21. The largest absolute Gasteiger partial charge is 0.416 e. The summed E-state index contributed by atoms with van der Waals surface area (Å²) >= 11 is 12.6. The van der Waals surface area contributed by atoms with Gasteiger partial charge in [-0.15, -0.1) is 0 Å². The van der Waals surface area contributed by atoms with Gasteiger partial charge in [-0.1, -0.05) is 29.3 Å². The number of rotatable bonds is 1. The van der Waals surface area contributed by atoms with Gasteiger partial charge >= 0.3 is 6.18 Å². The highest BCUT2D eigenvalue weighted by Gasteiger charge is 2.75. The van der Waals surface area contributed by atoms with Gasteiger partial charge in [0.1, 0.15) is 5.54 Å². The summed E-state index contributed by atoms with van der Waals surface area (Å²) in [5, 5.41) is 2.97. The first-order valence-electron chi connectivity index (χ1n) is 11.1. The maximum absolute atomic E-state index is 14.0. The van der Waals surface area contributed by atoms with Gasteiger partial charge < -0.3 is 5.32 Å². The molecule has 0 aliphatic carbocycles. The zero-order valence-corrected chi connectivity index (χ0v) is 19.8. The van der Waals surface area contributed by atoms with Crippen molar-refractivity contribution in [3.8, 4) is 0 Å². The van der Waals surface area contributed by atoms with Crippen LogP contribution < -0.4 is 10.2 Å². The van der Waals surface area contributed by atoms with Gasteiger partial charge in [-0.05, 0) is 56.1 Å². The van der Waals surface area contributed by atoms with E-state index < -0.39 is 52.9 Å². The number of imide groups is 1. The van der Waals surface area contributed by atoms with Crippen LogP contribution in [0, 0.1) is 18.8 Å². The van der Waals surface area contributed by atoms with Crippen LogP contribution in [0.15, 0.2) is 30.3 Å². The molecule has 4 aliphatic rings. The first kappa shape index (κ1) is 22.8. The Morgan fingerprint density at radius 1 is 1.06 bits per heavy atom. The number of amides is 3. The Balaban J connectivity index is 1.56. The molecule has 35 heavy (non-hydrogen) atoms. The van der Waals surface area contributed by atoms with Gasteiger partial charge in [0, 0.05) is 11.6 Å². The van der Waals surface area contributed by atoms with E-state index in [1.807, 2.05) is 11.8 Å². The summed E-state index contributed by atoms with van der Waals surface area (Å²) in [4.78, 5) is 44.0. The highest BCUT2D eigenvalue weighted by Crippen LogP contribution is 2.61. The number of carbonyl (C=O) groups excluding carboxylic acids is 3. The van der Waals surface area contributed by atoms with Gasteiger partial charge in [0.05, 0.1) is 38.8 Å². The molecular weight excluding hydrogens is 506 g/mol. The van der Waals surface area contributed by atoms with Crippen molar-refractivity contribution in [1.29, 1.82) is 0 Å². The lowest BCUT2D eigenvalue weighted by Crippen LogP contribution is -2.54. The molecule has 4 unspecified atom stereocenters. The molecule has 2 aromatic rings. The van der Waals surface area contributed by atoms with Crippen LogP contribution >= 0.6 is 23.2 Å². The number of fused-ring (bicyclic) bond motifs is 7. The van der Waals surface area contributed by atoms with E-state index in [9.17, 15) is 27.6 Å². The first-order valence-corrected chi connectivity index (χ1v) is 11.9. The maximum Gasteiger partial charge on any atom is 0.416 e. The number of nitrogens with zero attached hydrogens (tertiary/aromatic N) is 2. The van der Waals surface area contributed by atoms with Crippen molar-refractivity contribution in [3.05, 3.63) is 57.1 Å². The fraction of sp³-hybridized carbons (Fsp3) is 0.375. The van der Waals surface area contributed by atoms with Crippen LogP contribution in [0.5, 0.6) is 0 Å². The molecule has 0 radical (unpaired) electrons. The van der Waals surface area contributed by atoms with Crippen LogP contribution in [-0.4, -0.2) is 35.2 Å².